The van der Waals surface area contributed by atoms with Gasteiger partial charge in [-0.2, -0.15) is 0 Å². The van der Waals surface area contributed by atoms with Crippen LogP contribution in [0.5, 0.6) is 0 Å². The molecule has 0 aliphatic carbocycles. The summed E-state index contributed by atoms with van der Waals surface area (Å²) in [6.07, 6.45) is 0. The van der Waals surface area contributed by atoms with Crippen molar-refractivity contribution in [3.8, 4) is 0 Å². The number of hydrogen-bond donors (Lipinski definition) is 3. The number of aliphatic carboxylic acids is 1. The van der Waals surface area contributed by atoms with Gasteiger partial charge in [0, 0.05) is 15.1 Å². The Bertz CT molecular complexity index is 1010. The molecule has 0 saturated carbocycles. The lowest BCUT2D eigenvalue weighted by atomic mass is 9.80. The van der Waals surface area contributed by atoms with Gasteiger partial charge in [0.05, 0.1) is 22.8 Å². The highest BCUT2D eigenvalue weighted by atomic mass is 79.9. The van der Waals surface area contributed by atoms with Crippen LogP contribution in [-0.4, -0.2) is 22.8 Å². The third kappa shape index (κ3) is 3.35. The first kappa shape index (κ1) is 18.1. The van der Waals surface area contributed by atoms with Crippen molar-refractivity contribution in [2.75, 3.05) is 0 Å². The normalized spacial score (nSPS) is 16.9. The third-order valence-corrected chi connectivity index (χ3v) is 4.75. The van der Waals surface area contributed by atoms with E-state index in [2.05, 4.69) is 26.8 Å². The van der Waals surface area contributed by atoms with Crippen LogP contribution in [0.2, 0.25) is 5.02 Å². The SMILES string of the molecule is N=C=C1C(N)=NC(c2ccc(Cl)cc2)=C(C(=O)O)[C@H]1c1cccc(Br)c1. The van der Waals surface area contributed by atoms with Crippen LogP contribution in [0.15, 0.2) is 69.1 Å². The van der Waals surface area contributed by atoms with Crippen LogP contribution in [-0.2, 0) is 4.79 Å². The number of hydrogen-bond acceptors (Lipinski definition) is 4. The van der Waals surface area contributed by atoms with Gasteiger partial charge in [-0.15, -0.1) is 0 Å². The molecule has 3 rings (SSSR count). The average molecular weight is 431 g/mol. The second-order valence-electron chi connectivity index (χ2n) is 5.60. The standard InChI is InChI=1S/C19H13BrClN3O2/c20-12-3-1-2-11(8-12)15-14(9-22)18(23)24-17(16(15)19(25)26)10-4-6-13(21)7-5-10/h1-8,15,22H,(H2,23,24)(H,25,26)/t15-/m0/s1. The number of carboxylic acids is 1. The van der Waals surface area contributed by atoms with Gasteiger partial charge in [-0.25, -0.2) is 9.79 Å². The quantitative estimate of drug-likeness (QED) is 0.635. The van der Waals surface area contributed by atoms with Crippen LogP contribution >= 0.6 is 27.5 Å². The topological polar surface area (TPSA) is 99.5 Å². The summed E-state index contributed by atoms with van der Waals surface area (Å²) in [6, 6.07) is 13.9. The summed E-state index contributed by atoms with van der Waals surface area (Å²) < 4.78 is 0.790. The lowest BCUT2D eigenvalue weighted by Gasteiger charge is -2.26. The van der Waals surface area contributed by atoms with Crippen molar-refractivity contribution in [1.82, 2.24) is 0 Å². The molecule has 0 fully saturated rings. The molecule has 0 aromatic heterocycles. The highest BCUT2D eigenvalue weighted by Gasteiger charge is 2.35. The first-order chi connectivity index (χ1) is 12.4. The molecular formula is C19H13BrClN3O2. The zero-order chi connectivity index (χ0) is 18.8. The van der Waals surface area contributed by atoms with E-state index in [0.29, 0.717) is 16.1 Å². The molecule has 7 heteroatoms. The van der Waals surface area contributed by atoms with Gasteiger partial charge in [0.15, 0.2) is 0 Å². The summed E-state index contributed by atoms with van der Waals surface area (Å²) in [4.78, 5) is 16.4. The van der Waals surface area contributed by atoms with E-state index in [1.54, 1.807) is 42.5 Å². The summed E-state index contributed by atoms with van der Waals surface area (Å²) in [5.74, 6) is 0.440. The average Bonchev–Trinajstić information content (AvgIpc) is 2.61. The number of nitrogens with two attached hydrogens (primary N) is 1. The summed E-state index contributed by atoms with van der Waals surface area (Å²) in [6.45, 7) is 0. The Morgan fingerprint density at radius 1 is 1.27 bits per heavy atom. The Hall–Kier alpha value is -2.66. The number of halogens is 2. The minimum Gasteiger partial charge on any atom is -0.478 e. The second kappa shape index (κ2) is 7.30. The van der Waals surface area contributed by atoms with Gasteiger partial charge in [-0.1, -0.05) is 51.8 Å². The molecule has 1 aliphatic rings. The Morgan fingerprint density at radius 2 is 1.96 bits per heavy atom. The van der Waals surface area contributed by atoms with Gasteiger partial charge >= 0.3 is 5.97 Å². The maximum Gasteiger partial charge on any atom is 0.334 e. The molecule has 0 spiro atoms. The fourth-order valence-electron chi connectivity index (χ4n) is 2.88. The Kier molecular flexibility index (Phi) is 5.09. The van der Waals surface area contributed by atoms with Crippen molar-refractivity contribution in [2.45, 2.75) is 5.92 Å². The molecule has 0 radical (unpaired) electrons. The number of benzene rings is 2. The Morgan fingerprint density at radius 3 is 2.54 bits per heavy atom. The zero-order valence-corrected chi connectivity index (χ0v) is 15.7. The predicted octanol–water partition coefficient (Wildman–Crippen LogP) is 4.23. The zero-order valence-electron chi connectivity index (χ0n) is 13.3. The molecule has 0 unspecified atom stereocenters. The molecule has 0 amide bonds. The maximum absolute atomic E-state index is 12.1. The van der Waals surface area contributed by atoms with Gasteiger partial charge in [-0.3, -0.25) is 5.41 Å². The predicted molar refractivity (Wildman–Crippen MR) is 106 cm³/mol. The largest absolute Gasteiger partial charge is 0.478 e. The van der Waals surface area contributed by atoms with Crippen LogP contribution in [0.3, 0.4) is 0 Å². The molecule has 130 valence electrons. The lowest BCUT2D eigenvalue weighted by Crippen LogP contribution is -2.28. The maximum atomic E-state index is 12.1. The van der Waals surface area contributed by atoms with Crippen molar-refractivity contribution in [3.63, 3.8) is 0 Å². The van der Waals surface area contributed by atoms with Gasteiger partial charge in [-0.05, 0) is 35.7 Å². The van der Waals surface area contributed by atoms with E-state index in [4.69, 9.17) is 22.7 Å². The van der Waals surface area contributed by atoms with E-state index in [0.717, 1.165) is 4.47 Å². The van der Waals surface area contributed by atoms with E-state index in [1.165, 1.54) is 0 Å². The molecule has 2 aromatic carbocycles. The van der Waals surface area contributed by atoms with Crippen LogP contribution < -0.4 is 5.73 Å². The van der Waals surface area contributed by atoms with Gasteiger partial charge in [0.1, 0.15) is 5.84 Å². The number of carbonyl (C=O) groups is 1. The highest BCUT2D eigenvalue weighted by Crippen LogP contribution is 2.40. The molecule has 2 aromatic rings. The number of amidine groups is 1. The summed E-state index contributed by atoms with van der Waals surface area (Å²) in [7, 11) is 0. The van der Waals surface area contributed by atoms with Crippen LogP contribution in [0.25, 0.3) is 5.70 Å². The second-order valence-corrected chi connectivity index (χ2v) is 6.95. The smallest absolute Gasteiger partial charge is 0.334 e. The van der Waals surface area contributed by atoms with E-state index < -0.39 is 11.9 Å². The van der Waals surface area contributed by atoms with Crippen molar-refractivity contribution >= 4 is 50.9 Å². The number of carboxylic acid groups (broad SMARTS) is 1. The number of aliphatic imine (C=N–C) groups is 1. The summed E-state index contributed by atoms with van der Waals surface area (Å²) in [5, 5.41) is 18.0. The van der Waals surface area contributed by atoms with Crippen molar-refractivity contribution < 1.29 is 9.90 Å². The molecule has 5 nitrogen and oxygen atoms in total. The highest BCUT2D eigenvalue weighted by molar-refractivity contribution is 9.10. The number of nitrogens with zero attached hydrogens (tertiary/aromatic N) is 1. The van der Waals surface area contributed by atoms with Gasteiger partial charge in [0.25, 0.3) is 0 Å². The number of nitrogens with one attached hydrogen (secondary N) is 1. The first-order valence-electron chi connectivity index (χ1n) is 7.55. The molecular weight excluding hydrogens is 418 g/mol. The van der Waals surface area contributed by atoms with E-state index in [9.17, 15) is 9.90 Å². The van der Waals surface area contributed by atoms with Gasteiger partial charge < -0.3 is 10.8 Å². The van der Waals surface area contributed by atoms with Crippen LogP contribution in [0.4, 0.5) is 0 Å². The van der Waals surface area contributed by atoms with Crippen LogP contribution in [0.1, 0.15) is 17.0 Å². The van der Waals surface area contributed by atoms with Crippen molar-refractivity contribution in [1.29, 1.82) is 5.41 Å². The van der Waals surface area contributed by atoms with E-state index in [-0.39, 0.29) is 22.7 Å². The number of rotatable bonds is 3. The van der Waals surface area contributed by atoms with E-state index >= 15 is 0 Å². The summed E-state index contributed by atoms with van der Waals surface area (Å²) in [5.41, 5.74) is 7.80. The van der Waals surface area contributed by atoms with Gasteiger partial charge in [0.2, 0.25) is 0 Å². The third-order valence-electron chi connectivity index (χ3n) is 4.01. The monoisotopic (exact) mass is 429 g/mol. The fourth-order valence-corrected chi connectivity index (χ4v) is 3.42. The van der Waals surface area contributed by atoms with E-state index in [1.807, 2.05) is 6.07 Å². The molecule has 1 heterocycles. The molecule has 4 N–H and O–H groups in total. The molecule has 1 aliphatic heterocycles. The van der Waals surface area contributed by atoms with Crippen LogP contribution in [0, 0.1) is 5.41 Å². The molecule has 0 bridgehead atoms. The lowest BCUT2D eigenvalue weighted by molar-refractivity contribution is -0.132. The molecule has 0 saturated heterocycles. The van der Waals surface area contributed by atoms with Crippen molar-refractivity contribution in [3.05, 3.63) is 80.3 Å². The first-order valence-corrected chi connectivity index (χ1v) is 8.72. The van der Waals surface area contributed by atoms with Crippen molar-refractivity contribution in [2.24, 2.45) is 10.7 Å². The Labute approximate surface area is 163 Å². The minimum absolute atomic E-state index is 0.0365. The fraction of sp³-hybridized carbons (Fsp3) is 0.0526. The molecule has 1 atom stereocenters. The molecule has 26 heavy (non-hydrogen) atoms. The Balaban J connectivity index is 2.32. The summed E-state index contributed by atoms with van der Waals surface area (Å²) >= 11 is 9.32. The minimum atomic E-state index is -1.14.